The monoisotopic (exact) mass is 524 g/mol. The van der Waals surface area contributed by atoms with Crippen molar-refractivity contribution in [2.75, 3.05) is 26.3 Å². The number of nitrogens with one attached hydrogen (secondary N) is 1. The number of rotatable bonds is 7. The van der Waals surface area contributed by atoms with Gasteiger partial charge in [0, 0.05) is 31.3 Å². The van der Waals surface area contributed by atoms with Crippen LogP contribution in [-0.2, 0) is 6.42 Å². The van der Waals surface area contributed by atoms with Gasteiger partial charge in [-0.15, -0.1) is 0 Å². The van der Waals surface area contributed by atoms with Crippen molar-refractivity contribution in [2.24, 2.45) is 0 Å². The minimum atomic E-state index is -0.929. The van der Waals surface area contributed by atoms with Crippen LogP contribution in [0.3, 0.4) is 0 Å². The minimum Gasteiger partial charge on any atom is -0.463 e. The van der Waals surface area contributed by atoms with E-state index in [1.54, 1.807) is 24.3 Å². The Kier molecular flexibility index (Phi) is 6.31. The van der Waals surface area contributed by atoms with Gasteiger partial charge in [-0.1, -0.05) is 24.3 Å². The summed E-state index contributed by atoms with van der Waals surface area (Å²) in [6.07, 6.45) is 3.00. The van der Waals surface area contributed by atoms with Crippen LogP contribution in [0.4, 0.5) is 13.2 Å². The van der Waals surface area contributed by atoms with E-state index < -0.39 is 28.9 Å². The second-order valence-electron chi connectivity index (χ2n) is 10.2. The molecule has 2 aromatic carbocycles. The zero-order valence-electron chi connectivity index (χ0n) is 20.6. The summed E-state index contributed by atoms with van der Waals surface area (Å²) in [5.74, 6) is -1.28. The Morgan fingerprint density at radius 3 is 2.95 bits per heavy atom. The van der Waals surface area contributed by atoms with Crippen molar-refractivity contribution in [3.63, 3.8) is 0 Å². The van der Waals surface area contributed by atoms with Crippen LogP contribution in [0.25, 0.3) is 32.9 Å². The first-order valence-electron chi connectivity index (χ1n) is 12.8. The maximum atomic E-state index is 16.0. The Labute approximate surface area is 216 Å². The highest BCUT2D eigenvalue weighted by Crippen LogP contribution is 2.40. The summed E-state index contributed by atoms with van der Waals surface area (Å²) in [5, 5.41) is 10.4. The van der Waals surface area contributed by atoms with E-state index in [0.29, 0.717) is 41.3 Å². The van der Waals surface area contributed by atoms with Crippen LogP contribution in [0, 0.1) is 11.6 Å². The predicted molar refractivity (Wildman–Crippen MR) is 137 cm³/mol. The molecular formula is C28H27F3N4O3. The normalized spacial score (nSPS) is 21.4. The van der Waals surface area contributed by atoms with Crippen LogP contribution in [0.1, 0.15) is 31.2 Å². The van der Waals surface area contributed by atoms with Gasteiger partial charge in [-0.25, -0.2) is 13.2 Å². The summed E-state index contributed by atoms with van der Waals surface area (Å²) in [4.78, 5) is 25.9. The van der Waals surface area contributed by atoms with Gasteiger partial charge in [-0.2, -0.15) is 4.98 Å². The highest BCUT2D eigenvalue weighted by atomic mass is 19.1. The molecule has 6 rings (SSSR count). The fraction of sp³-hybridized carbons (Fsp3) is 0.393. The molecule has 7 nitrogen and oxygen atoms in total. The van der Waals surface area contributed by atoms with E-state index in [2.05, 4.69) is 19.9 Å². The number of fused-ring (bicyclic) bond motifs is 3. The fourth-order valence-electron chi connectivity index (χ4n) is 6.08. The van der Waals surface area contributed by atoms with Crippen molar-refractivity contribution in [3.8, 4) is 17.3 Å². The molecule has 0 unspecified atom stereocenters. The van der Waals surface area contributed by atoms with Crippen LogP contribution >= 0.6 is 0 Å². The average Bonchev–Trinajstić information content (AvgIpc) is 3.43. The van der Waals surface area contributed by atoms with Crippen LogP contribution in [0.15, 0.2) is 41.3 Å². The molecule has 2 aliphatic rings. The highest BCUT2D eigenvalue weighted by molar-refractivity contribution is 5.99. The summed E-state index contributed by atoms with van der Waals surface area (Å²) >= 11 is 0. The van der Waals surface area contributed by atoms with Gasteiger partial charge in [0.1, 0.15) is 29.8 Å². The molecule has 2 saturated heterocycles. The van der Waals surface area contributed by atoms with E-state index >= 15 is 4.39 Å². The van der Waals surface area contributed by atoms with E-state index in [1.807, 2.05) is 0 Å². The number of alkyl halides is 1. The lowest BCUT2D eigenvalue weighted by Gasteiger charge is -2.30. The standard InChI is InChI=1S/C28H27F3N4O3/c29-17-12-28(9-3-10-35(28)14-17)15-38-27-33-25-20(26(37)34-27)13-32-24(23(25)31)19-5-1-4-16-7-8-21(30)18(22(16)19)6-2-11-36/h1,4-5,7-8,13,17,36H,2-3,6,9-12,14-15H2,(H,33,34,37)/t17-,28+/m1/s1. The lowest BCUT2D eigenvalue weighted by Crippen LogP contribution is -2.43. The molecule has 4 heterocycles. The van der Waals surface area contributed by atoms with Gasteiger partial charge in [0.05, 0.1) is 10.9 Å². The Bertz CT molecular complexity index is 1590. The smallest absolute Gasteiger partial charge is 0.297 e. The van der Waals surface area contributed by atoms with Gasteiger partial charge < -0.3 is 9.84 Å². The van der Waals surface area contributed by atoms with Gasteiger partial charge in [0.25, 0.3) is 11.6 Å². The molecule has 2 N–H and O–H groups in total. The lowest BCUT2D eigenvalue weighted by molar-refractivity contribution is 0.107. The number of halogens is 3. The maximum Gasteiger partial charge on any atom is 0.297 e. The Morgan fingerprint density at radius 1 is 1.24 bits per heavy atom. The van der Waals surface area contributed by atoms with Crippen molar-refractivity contribution in [1.82, 2.24) is 19.9 Å². The molecule has 4 aromatic rings. The van der Waals surface area contributed by atoms with Gasteiger partial charge in [0.2, 0.25) is 0 Å². The van der Waals surface area contributed by atoms with E-state index in [0.717, 1.165) is 19.4 Å². The molecule has 2 aliphatic heterocycles. The third kappa shape index (κ3) is 4.12. The van der Waals surface area contributed by atoms with E-state index in [4.69, 9.17) is 4.74 Å². The van der Waals surface area contributed by atoms with Gasteiger partial charge >= 0.3 is 0 Å². The molecule has 2 fully saturated rings. The number of aromatic amines is 1. The van der Waals surface area contributed by atoms with E-state index in [-0.39, 0.29) is 42.2 Å². The molecule has 198 valence electrons. The molecule has 0 aliphatic carbocycles. The lowest BCUT2D eigenvalue weighted by atomic mass is 9.94. The zero-order chi connectivity index (χ0) is 26.4. The number of pyridine rings is 1. The number of aliphatic hydroxyl groups is 1. The van der Waals surface area contributed by atoms with Gasteiger partial charge in [-0.3, -0.25) is 19.7 Å². The maximum absolute atomic E-state index is 16.0. The van der Waals surface area contributed by atoms with Crippen molar-refractivity contribution >= 4 is 21.7 Å². The number of ether oxygens (including phenoxy) is 1. The summed E-state index contributed by atoms with van der Waals surface area (Å²) in [5.41, 5.74) is -0.619. The van der Waals surface area contributed by atoms with Crippen LogP contribution in [0.2, 0.25) is 0 Å². The number of aryl methyl sites for hydroxylation is 1. The van der Waals surface area contributed by atoms with Crippen molar-refractivity contribution in [1.29, 1.82) is 0 Å². The molecule has 0 amide bonds. The first-order chi connectivity index (χ1) is 18.4. The Hall–Kier alpha value is -3.50. The summed E-state index contributed by atoms with van der Waals surface area (Å²) in [7, 11) is 0. The van der Waals surface area contributed by atoms with Crippen molar-refractivity contribution < 1.29 is 23.0 Å². The third-order valence-electron chi connectivity index (χ3n) is 7.85. The average molecular weight is 525 g/mol. The van der Waals surface area contributed by atoms with Crippen LogP contribution in [-0.4, -0.2) is 63.0 Å². The molecular weight excluding hydrogens is 497 g/mol. The number of aliphatic hydroxyl groups excluding tert-OH is 1. The van der Waals surface area contributed by atoms with Crippen LogP contribution in [0.5, 0.6) is 6.01 Å². The van der Waals surface area contributed by atoms with Crippen molar-refractivity contribution in [3.05, 3.63) is 64.1 Å². The predicted octanol–water partition coefficient (Wildman–Crippen LogP) is 4.30. The SMILES string of the molecule is O=c1[nH]c(OC[C@@]23CCCN2C[C@H](F)C3)nc2c(F)c(-c3cccc4ccc(F)c(CCCO)c34)ncc12. The molecule has 10 heteroatoms. The molecule has 38 heavy (non-hydrogen) atoms. The summed E-state index contributed by atoms with van der Waals surface area (Å²) in [6.45, 7) is 1.18. The molecule has 2 atom stereocenters. The van der Waals surface area contributed by atoms with Crippen LogP contribution < -0.4 is 10.3 Å². The first-order valence-corrected chi connectivity index (χ1v) is 12.8. The number of hydrogen-bond acceptors (Lipinski definition) is 6. The quantitative estimate of drug-likeness (QED) is 0.375. The third-order valence-corrected chi connectivity index (χ3v) is 7.85. The zero-order valence-corrected chi connectivity index (χ0v) is 20.6. The number of hydrogen-bond donors (Lipinski definition) is 2. The molecule has 0 saturated carbocycles. The van der Waals surface area contributed by atoms with Gasteiger partial charge in [0.15, 0.2) is 5.82 Å². The fourth-order valence-corrected chi connectivity index (χ4v) is 6.08. The molecule has 2 aromatic heterocycles. The first kappa shape index (κ1) is 24.8. The second-order valence-corrected chi connectivity index (χ2v) is 10.2. The molecule has 0 bridgehead atoms. The van der Waals surface area contributed by atoms with Crippen molar-refractivity contribution in [2.45, 2.75) is 43.8 Å². The summed E-state index contributed by atoms with van der Waals surface area (Å²) < 4.78 is 50.8. The minimum absolute atomic E-state index is 0.0455. The van der Waals surface area contributed by atoms with Gasteiger partial charge in [-0.05, 0) is 54.6 Å². The number of H-pyrrole nitrogens is 1. The Morgan fingerprint density at radius 2 is 2.11 bits per heavy atom. The number of nitrogens with zero attached hydrogens (tertiary/aromatic N) is 3. The second kappa shape index (κ2) is 9.67. The highest BCUT2D eigenvalue weighted by Gasteiger charge is 2.49. The summed E-state index contributed by atoms with van der Waals surface area (Å²) in [6, 6.07) is 7.99. The topological polar surface area (TPSA) is 91.3 Å². The number of benzene rings is 2. The molecule has 0 radical (unpaired) electrons. The Balaban J connectivity index is 1.42. The van der Waals surface area contributed by atoms with E-state index in [1.165, 1.54) is 12.3 Å². The largest absolute Gasteiger partial charge is 0.463 e. The molecule has 0 spiro atoms. The number of aromatic nitrogens is 3. The van der Waals surface area contributed by atoms with E-state index in [9.17, 15) is 18.7 Å².